The van der Waals surface area contributed by atoms with Crippen molar-refractivity contribution in [3.63, 3.8) is 0 Å². The Bertz CT molecular complexity index is 860. The molecule has 0 amide bonds. The van der Waals surface area contributed by atoms with Gasteiger partial charge in [-0.25, -0.2) is 4.79 Å². The van der Waals surface area contributed by atoms with Gasteiger partial charge < -0.3 is 14.6 Å². The molecule has 3 rings (SSSR count). The normalized spacial score (nSPS) is 10.9. The molecule has 0 aliphatic heterocycles. The maximum absolute atomic E-state index is 12.1. The van der Waals surface area contributed by atoms with E-state index in [0.717, 1.165) is 12.0 Å². The lowest BCUT2D eigenvalue weighted by Gasteiger charge is -2.05. The summed E-state index contributed by atoms with van der Waals surface area (Å²) >= 11 is 0. The molecule has 0 saturated heterocycles. The lowest BCUT2D eigenvalue weighted by Crippen LogP contribution is -2.02. The third-order valence-electron chi connectivity index (χ3n) is 3.53. The van der Waals surface area contributed by atoms with Crippen LogP contribution < -0.4 is 5.63 Å². The predicted molar refractivity (Wildman–Crippen MR) is 80.6 cm³/mol. The maximum Gasteiger partial charge on any atom is 0.344 e. The van der Waals surface area contributed by atoms with Crippen molar-refractivity contribution >= 4 is 11.0 Å². The molecule has 0 bridgehead atoms. The van der Waals surface area contributed by atoms with Gasteiger partial charge in [-0.3, -0.25) is 0 Å². The van der Waals surface area contributed by atoms with E-state index in [9.17, 15) is 15.0 Å². The van der Waals surface area contributed by atoms with Crippen molar-refractivity contribution in [3.8, 4) is 22.6 Å². The Hall–Kier alpha value is -2.75. The molecule has 4 nitrogen and oxygen atoms in total. The minimum absolute atomic E-state index is 0.00562. The van der Waals surface area contributed by atoms with Crippen LogP contribution >= 0.6 is 0 Å². The highest BCUT2D eigenvalue weighted by Gasteiger charge is 2.12. The number of aryl methyl sites for hydroxylation is 1. The SMILES string of the molecule is CCc1ccc(-c2cc3ccc(O)c(O)c3oc2=O)cc1. The molecule has 3 aromatic rings. The zero-order valence-corrected chi connectivity index (χ0v) is 11.5. The zero-order valence-electron chi connectivity index (χ0n) is 11.5. The zero-order chi connectivity index (χ0) is 15.0. The summed E-state index contributed by atoms with van der Waals surface area (Å²) in [5.41, 5.74) is 1.82. The van der Waals surface area contributed by atoms with Crippen LogP contribution in [0, 0.1) is 0 Å². The van der Waals surface area contributed by atoms with Gasteiger partial charge in [-0.05, 0) is 35.7 Å². The number of rotatable bonds is 2. The summed E-state index contributed by atoms with van der Waals surface area (Å²) in [7, 11) is 0. The Morgan fingerprint density at radius 2 is 1.76 bits per heavy atom. The van der Waals surface area contributed by atoms with E-state index < -0.39 is 11.4 Å². The van der Waals surface area contributed by atoms with Crippen LogP contribution in [0.5, 0.6) is 11.5 Å². The molecule has 21 heavy (non-hydrogen) atoms. The number of phenolic OH excluding ortho intramolecular Hbond substituents is 2. The summed E-state index contributed by atoms with van der Waals surface area (Å²) < 4.78 is 5.15. The van der Waals surface area contributed by atoms with Gasteiger partial charge in [0, 0.05) is 5.39 Å². The van der Waals surface area contributed by atoms with E-state index in [2.05, 4.69) is 6.92 Å². The van der Waals surface area contributed by atoms with E-state index in [1.54, 1.807) is 12.1 Å². The molecule has 0 saturated carbocycles. The van der Waals surface area contributed by atoms with E-state index in [1.807, 2.05) is 24.3 Å². The first-order chi connectivity index (χ1) is 10.1. The summed E-state index contributed by atoms with van der Waals surface area (Å²) in [5, 5.41) is 19.7. The lowest BCUT2D eigenvalue weighted by atomic mass is 10.0. The fourth-order valence-corrected chi connectivity index (χ4v) is 2.28. The molecule has 0 aliphatic rings. The van der Waals surface area contributed by atoms with Gasteiger partial charge in [0.2, 0.25) is 5.75 Å². The van der Waals surface area contributed by atoms with Crippen LogP contribution in [0.3, 0.4) is 0 Å². The number of hydrogen-bond donors (Lipinski definition) is 2. The van der Waals surface area contributed by atoms with Crippen LogP contribution in [0.2, 0.25) is 0 Å². The second-order valence-corrected chi connectivity index (χ2v) is 4.85. The Labute approximate surface area is 120 Å². The van der Waals surface area contributed by atoms with Crippen LogP contribution in [-0.2, 0) is 6.42 Å². The number of benzene rings is 2. The Morgan fingerprint density at radius 3 is 2.43 bits per heavy atom. The van der Waals surface area contributed by atoms with Gasteiger partial charge in [0.25, 0.3) is 0 Å². The highest BCUT2D eigenvalue weighted by molar-refractivity contribution is 5.87. The van der Waals surface area contributed by atoms with Crippen LogP contribution in [0.25, 0.3) is 22.1 Å². The Kier molecular flexibility index (Phi) is 3.14. The van der Waals surface area contributed by atoms with Gasteiger partial charge in [-0.1, -0.05) is 31.2 Å². The number of phenols is 2. The summed E-state index contributed by atoms with van der Waals surface area (Å²) in [6.07, 6.45) is 0.930. The first-order valence-electron chi connectivity index (χ1n) is 6.68. The fourth-order valence-electron chi connectivity index (χ4n) is 2.28. The lowest BCUT2D eigenvalue weighted by molar-refractivity contribution is 0.398. The molecular weight excluding hydrogens is 268 g/mol. The number of fused-ring (bicyclic) bond motifs is 1. The van der Waals surface area contributed by atoms with Crippen molar-refractivity contribution in [1.29, 1.82) is 0 Å². The van der Waals surface area contributed by atoms with Crippen LogP contribution in [0.4, 0.5) is 0 Å². The first kappa shape index (κ1) is 13.2. The predicted octanol–water partition coefficient (Wildman–Crippen LogP) is 3.43. The smallest absolute Gasteiger partial charge is 0.344 e. The molecule has 4 heteroatoms. The van der Waals surface area contributed by atoms with Crippen LogP contribution in [0.1, 0.15) is 12.5 Å². The molecule has 0 atom stereocenters. The molecule has 2 aromatic carbocycles. The van der Waals surface area contributed by atoms with Crippen molar-refractivity contribution in [1.82, 2.24) is 0 Å². The van der Waals surface area contributed by atoms with E-state index in [0.29, 0.717) is 10.9 Å². The van der Waals surface area contributed by atoms with Crippen LogP contribution in [0.15, 0.2) is 51.7 Å². The third-order valence-corrected chi connectivity index (χ3v) is 3.53. The molecular formula is C17H14O4. The van der Waals surface area contributed by atoms with Crippen molar-refractivity contribution in [2.24, 2.45) is 0 Å². The molecule has 2 N–H and O–H groups in total. The Balaban J connectivity index is 2.21. The second kappa shape index (κ2) is 4.98. The van der Waals surface area contributed by atoms with E-state index in [-0.39, 0.29) is 11.3 Å². The second-order valence-electron chi connectivity index (χ2n) is 4.85. The molecule has 0 spiro atoms. The van der Waals surface area contributed by atoms with E-state index >= 15 is 0 Å². The van der Waals surface area contributed by atoms with Crippen LogP contribution in [-0.4, -0.2) is 10.2 Å². The van der Waals surface area contributed by atoms with Gasteiger partial charge >= 0.3 is 5.63 Å². The minimum atomic E-state index is -0.548. The topological polar surface area (TPSA) is 70.7 Å². The van der Waals surface area contributed by atoms with Crippen molar-refractivity contribution in [2.75, 3.05) is 0 Å². The molecule has 106 valence electrons. The largest absolute Gasteiger partial charge is 0.504 e. The Morgan fingerprint density at radius 1 is 1.05 bits per heavy atom. The van der Waals surface area contributed by atoms with Gasteiger partial charge in [0.15, 0.2) is 11.3 Å². The highest BCUT2D eigenvalue weighted by atomic mass is 16.4. The first-order valence-corrected chi connectivity index (χ1v) is 6.68. The molecule has 0 aliphatic carbocycles. The van der Waals surface area contributed by atoms with Gasteiger partial charge in [0.1, 0.15) is 0 Å². The van der Waals surface area contributed by atoms with Crippen molar-refractivity contribution in [3.05, 3.63) is 58.4 Å². The molecule has 0 radical (unpaired) electrons. The quantitative estimate of drug-likeness (QED) is 0.558. The average Bonchev–Trinajstić information content (AvgIpc) is 2.51. The maximum atomic E-state index is 12.1. The molecule has 0 fully saturated rings. The molecule has 1 heterocycles. The van der Waals surface area contributed by atoms with Gasteiger partial charge in [-0.2, -0.15) is 0 Å². The number of hydrogen-bond acceptors (Lipinski definition) is 4. The van der Waals surface area contributed by atoms with E-state index in [1.165, 1.54) is 11.6 Å². The summed E-state index contributed by atoms with van der Waals surface area (Å²) in [6, 6.07) is 12.3. The average molecular weight is 282 g/mol. The van der Waals surface area contributed by atoms with Crippen molar-refractivity contribution < 1.29 is 14.6 Å². The fraction of sp³-hybridized carbons (Fsp3) is 0.118. The van der Waals surface area contributed by atoms with Crippen molar-refractivity contribution in [2.45, 2.75) is 13.3 Å². The molecule has 1 aromatic heterocycles. The number of aromatic hydroxyl groups is 2. The van der Waals surface area contributed by atoms with E-state index in [4.69, 9.17) is 4.42 Å². The monoisotopic (exact) mass is 282 g/mol. The highest BCUT2D eigenvalue weighted by Crippen LogP contribution is 2.34. The summed E-state index contributed by atoms with van der Waals surface area (Å²) in [6.45, 7) is 2.06. The summed E-state index contributed by atoms with van der Waals surface area (Å²) in [4.78, 5) is 12.1. The molecule has 0 unspecified atom stereocenters. The minimum Gasteiger partial charge on any atom is -0.504 e. The van der Waals surface area contributed by atoms with Gasteiger partial charge in [0.05, 0.1) is 5.56 Å². The third kappa shape index (κ3) is 2.25. The van der Waals surface area contributed by atoms with Gasteiger partial charge in [-0.15, -0.1) is 0 Å². The standard InChI is InChI=1S/C17H14O4/c1-2-10-3-5-11(6-4-10)13-9-12-7-8-14(18)15(19)16(12)21-17(13)20/h3-9,18-19H,2H2,1H3. The summed E-state index contributed by atoms with van der Waals surface area (Å²) in [5.74, 6) is -0.733.